The van der Waals surface area contributed by atoms with Gasteiger partial charge in [0.05, 0.1) is 23.8 Å². The molecule has 90 valence electrons. The first-order valence-corrected chi connectivity index (χ1v) is 5.65. The van der Waals surface area contributed by atoms with Crippen LogP contribution in [0.5, 0.6) is 0 Å². The predicted octanol–water partition coefficient (Wildman–Crippen LogP) is 2.46. The van der Waals surface area contributed by atoms with Crippen molar-refractivity contribution in [1.82, 2.24) is 9.78 Å². The molecule has 0 radical (unpaired) electrons. The highest BCUT2D eigenvalue weighted by atomic mass is 79.9. The van der Waals surface area contributed by atoms with Gasteiger partial charge in [0.25, 0.3) is 0 Å². The van der Waals surface area contributed by atoms with Crippen LogP contribution in [0.1, 0.15) is 11.1 Å². The van der Waals surface area contributed by atoms with Crippen LogP contribution in [-0.2, 0) is 13.2 Å². The van der Waals surface area contributed by atoms with E-state index in [1.165, 1.54) is 23.0 Å². The van der Waals surface area contributed by atoms with Crippen LogP contribution in [0, 0.1) is 11.6 Å². The van der Waals surface area contributed by atoms with Crippen molar-refractivity contribution in [3.05, 3.63) is 51.8 Å². The lowest BCUT2D eigenvalue weighted by Gasteiger charge is -2.06. The van der Waals surface area contributed by atoms with Gasteiger partial charge < -0.3 is 5.11 Å². The number of nitrogens with zero attached hydrogens (tertiary/aromatic N) is 2. The molecule has 0 aliphatic carbocycles. The topological polar surface area (TPSA) is 38.1 Å². The van der Waals surface area contributed by atoms with Crippen LogP contribution in [0.3, 0.4) is 0 Å². The summed E-state index contributed by atoms with van der Waals surface area (Å²) in [7, 11) is 0. The molecule has 0 spiro atoms. The van der Waals surface area contributed by atoms with E-state index in [-0.39, 0.29) is 23.2 Å². The van der Waals surface area contributed by atoms with Crippen LogP contribution in [0.4, 0.5) is 8.78 Å². The Bertz CT molecular complexity index is 542. The van der Waals surface area contributed by atoms with Gasteiger partial charge in [0.1, 0.15) is 11.6 Å². The minimum atomic E-state index is -0.633. The van der Waals surface area contributed by atoms with E-state index in [9.17, 15) is 8.78 Å². The van der Waals surface area contributed by atoms with Crippen molar-refractivity contribution in [2.24, 2.45) is 0 Å². The number of rotatable bonds is 3. The van der Waals surface area contributed by atoms with Gasteiger partial charge in [-0.1, -0.05) is 0 Å². The molecule has 0 aliphatic heterocycles. The number of aliphatic hydroxyl groups excluding tert-OH is 1. The molecule has 3 nitrogen and oxygen atoms in total. The second kappa shape index (κ2) is 4.93. The third-order valence-corrected chi connectivity index (χ3v) is 2.94. The van der Waals surface area contributed by atoms with E-state index in [2.05, 4.69) is 21.0 Å². The lowest BCUT2D eigenvalue weighted by molar-refractivity contribution is 0.281. The third-order valence-electron chi connectivity index (χ3n) is 2.33. The van der Waals surface area contributed by atoms with Crippen LogP contribution < -0.4 is 0 Å². The molecule has 0 aliphatic rings. The highest BCUT2D eigenvalue weighted by molar-refractivity contribution is 9.10. The van der Waals surface area contributed by atoms with E-state index >= 15 is 0 Å². The van der Waals surface area contributed by atoms with Crippen LogP contribution in [0.15, 0.2) is 29.0 Å². The zero-order valence-electron chi connectivity index (χ0n) is 8.70. The zero-order valence-corrected chi connectivity index (χ0v) is 10.3. The molecule has 1 aromatic heterocycles. The Morgan fingerprint density at radius 1 is 1.35 bits per heavy atom. The molecular weight excluding hydrogens is 294 g/mol. The Hall–Kier alpha value is -1.27. The second-order valence-electron chi connectivity index (χ2n) is 3.53. The first kappa shape index (κ1) is 12.2. The molecule has 1 aromatic carbocycles. The van der Waals surface area contributed by atoms with Crippen molar-refractivity contribution in [3.63, 3.8) is 0 Å². The molecule has 17 heavy (non-hydrogen) atoms. The maximum atomic E-state index is 13.7. The van der Waals surface area contributed by atoms with E-state index in [4.69, 9.17) is 5.11 Å². The minimum absolute atomic E-state index is 0.0168. The molecule has 6 heteroatoms. The smallest absolute Gasteiger partial charge is 0.145 e. The first-order chi connectivity index (χ1) is 8.11. The first-order valence-electron chi connectivity index (χ1n) is 4.86. The van der Waals surface area contributed by atoms with Gasteiger partial charge in [0, 0.05) is 17.3 Å². The van der Waals surface area contributed by atoms with Gasteiger partial charge >= 0.3 is 0 Å². The van der Waals surface area contributed by atoms with E-state index in [1.54, 1.807) is 6.20 Å². The van der Waals surface area contributed by atoms with Crippen molar-refractivity contribution in [2.45, 2.75) is 13.2 Å². The molecule has 0 saturated heterocycles. The fraction of sp³-hybridized carbons (Fsp3) is 0.182. The summed E-state index contributed by atoms with van der Waals surface area (Å²) in [6, 6.07) is 2.51. The second-order valence-corrected chi connectivity index (χ2v) is 4.38. The lowest BCUT2D eigenvalue weighted by Crippen LogP contribution is -2.05. The highest BCUT2D eigenvalue weighted by Crippen LogP contribution is 2.22. The number of benzene rings is 1. The van der Waals surface area contributed by atoms with Crippen LogP contribution in [0.25, 0.3) is 0 Å². The SMILES string of the molecule is OCc1cnn(Cc2c(F)ccc(Br)c2F)c1. The molecule has 2 aromatic rings. The maximum Gasteiger partial charge on any atom is 0.145 e. The molecule has 0 amide bonds. The summed E-state index contributed by atoms with van der Waals surface area (Å²) < 4.78 is 28.7. The van der Waals surface area contributed by atoms with Gasteiger partial charge in [0.2, 0.25) is 0 Å². The van der Waals surface area contributed by atoms with Gasteiger partial charge in [-0.3, -0.25) is 4.68 Å². The van der Waals surface area contributed by atoms with Gasteiger partial charge in [0.15, 0.2) is 0 Å². The Labute approximate surface area is 105 Å². The van der Waals surface area contributed by atoms with Gasteiger partial charge in [-0.2, -0.15) is 5.10 Å². The fourth-order valence-electron chi connectivity index (χ4n) is 1.45. The lowest BCUT2D eigenvalue weighted by atomic mass is 10.2. The Morgan fingerprint density at radius 2 is 2.12 bits per heavy atom. The van der Waals surface area contributed by atoms with Crippen molar-refractivity contribution in [1.29, 1.82) is 0 Å². The summed E-state index contributed by atoms with van der Waals surface area (Å²) >= 11 is 3.00. The summed E-state index contributed by atoms with van der Waals surface area (Å²) in [6.07, 6.45) is 2.99. The average Bonchev–Trinajstić information content (AvgIpc) is 2.77. The Morgan fingerprint density at radius 3 is 2.76 bits per heavy atom. The van der Waals surface area contributed by atoms with Gasteiger partial charge in [-0.25, -0.2) is 8.78 Å². The summed E-state index contributed by atoms with van der Waals surface area (Å²) in [4.78, 5) is 0. The van der Waals surface area contributed by atoms with E-state index in [0.717, 1.165) is 0 Å². The van der Waals surface area contributed by atoms with E-state index in [0.29, 0.717) is 5.56 Å². The van der Waals surface area contributed by atoms with E-state index < -0.39 is 11.6 Å². The largest absolute Gasteiger partial charge is 0.392 e. The molecule has 2 rings (SSSR count). The molecule has 0 bridgehead atoms. The Balaban J connectivity index is 2.32. The molecule has 0 fully saturated rings. The number of hydrogen-bond donors (Lipinski definition) is 1. The number of aromatic nitrogens is 2. The zero-order chi connectivity index (χ0) is 12.4. The quantitative estimate of drug-likeness (QED) is 0.885. The van der Waals surface area contributed by atoms with Crippen LogP contribution in [0.2, 0.25) is 0 Å². The molecule has 1 heterocycles. The normalized spacial score (nSPS) is 10.8. The van der Waals surface area contributed by atoms with Crippen LogP contribution in [-0.4, -0.2) is 14.9 Å². The van der Waals surface area contributed by atoms with Crippen LogP contribution >= 0.6 is 15.9 Å². The minimum Gasteiger partial charge on any atom is -0.392 e. The maximum absolute atomic E-state index is 13.7. The van der Waals surface area contributed by atoms with E-state index in [1.807, 2.05) is 0 Å². The molecular formula is C11H9BrF2N2O. The predicted molar refractivity (Wildman–Crippen MR) is 61.3 cm³/mol. The van der Waals surface area contributed by atoms with Gasteiger partial charge in [-0.05, 0) is 28.1 Å². The van der Waals surface area contributed by atoms with Crippen molar-refractivity contribution >= 4 is 15.9 Å². The number of hydrogen-bond acceptors (Lipinski definition) is 2. The highest BCUT2D eigenvalue weighted by Gasteiger charge is 2.13. The number of aliphatic hydroxyl groups is 1. The van der Waals surface area contributed by atoms with Gasteiger partial charge in [-0.15, -0.1) is 0 Å². The monoisotopic (exact) mass is 302 g/mol. The molecule has 0 atom stereocenters. The summed E-state index contributed by atoms with van der Waals surface area (Å²) in [5.74, 6) is -1.25. The Kier molecular flexibility index (Phi) is 3.54. The molecule has 1 N–H and O–H groups in total. The van der Waals surface area contributed by atoms with Crippen molar-refractivity contribution < 1.29 is 13.9 Å². The van der Waals surface area contributed by atoms with Crippen molar-refractivity contribution in [2.75, 3.05) is 0 Å². The molecule has 0 saturated carbocycles. The summed E-state index contributed by atoms with van der Waals surface area (Å²) in [5, 5.41) is 12.8. The molecule has 0 unspecified atom stereocenters. The van der Waals surface area contributed by atoms with Crippen molar-refractivity contribution in [3.8, 4) is 0 Å². The summed E-state index contributed by atoms with van der Waals surface area (Å²) in [6.45, 7) is -0.166. The summed E-state index contributed by atoms with van der Waals surface area (Å²) in [5.41, 5.74) is 0.535. The third kappa shape index (κ3) is 2.53. The standard InChI is InChI=1S/C11H9BrF2N2O/c12-9-1-2-10(13)8(11(9)14)5-16-4-7(6-17)3-15-16/h1-4,17H,5-6H2. The average molecular weight is 303 g/mol. The fourth-order valence-corrected chi connectivity index (χ4v) is 1.82. The number of halogens is 3.